The van der Waals surface area contributed by atoms with Gasteiger partial charge in [0.05, 0.1) is 18.2 Å². The normalized spacial score (nSPS) is 10.4. The largest absolute Gasteiger partial charge is 0.493 e. The molecule has 0 heterocycles. The van der Waals surface area contributed by atoms with Gasteiger partial charge in [0.2, 0.25) is 0 Å². The van der Waals surface area contributed by atoms with Crippen LogP contribution in [0.15, 0.2) is 12.1 Å². The summed E-state index contributed by atoms with van der Waals surface area (Å²) in [5.74, 6) is 2.15. The maximum absolute atomic E-state index is 6.15. The highest BCUT2D eigenvalue weighted by Crippen LogP contribution is 2.33. The van der Waals surface area contributed by atoms with Crippen LogP contribution in [0.25, 0.3) is 0 Å². The van der Waals surface area contributed by atoms with E-state index < -0.39 is 0 Å². The van der Waals surface area contributed by atoms with E-state index in [0.717, 1.165) is 24.2 Å². The van der Waals surface area contributed by atoms with Gasteiger partial charge in [0.15, 0.2) is 0 Å². The third-order valence-corrected chi connectivity index (χ3v) is 2.86. The number of hydrogen-bond acceptors (Lipinski definition) is 2. The number of rotatable bonds is 7. The third kappa shape index (κ3) is 4.29. The zero-order valence-electron chi connectivity index (χ0n) is 10.3. The van der Waals surface area contributed by atoms with Gasteiger partial charge < -0.3 is 9.47 Å². The van der Waals surface area contributed by atoms with Crippen LogP contribution in [0, 0.1) is 0 Å². The topological polar surface area (TPSA) is 18.5 Å². The molecule has 2 nitrogen and oxygen atoms in total. The Balaban J connectivity index is 2.97. The summed E-state index contributed by atoms with van der Waals surface area (Å²) >= 11 is 11.8. The maximum atomic E-state index is 6.15. The lowest BCUT2D eigenvalue weighted by Gasteiger charge is -2.13. The first-order valence-electron chi connectivity index (χ1n) is 5.86. The number of hydrogen-bond donors (Lipinski definition) is 0. The van der Waals surface area contributed by atoms with Crippen LogP contribution in [0.5, 0.6) is 11.5 Å². The summed E-state index contributed by atoms with van der Waals surface area (Å²) in [4.78, 5) is 0. The molecule has 0 aliphatic rings. The molecule has 0 saturated carbocycles. The molecule has 0 N–H and O–H groups in total. The van der Waals surface area contributed by atoms with Crippen LogP contribution in [0.2, 0.25) is 5.02 Å². The van der Waals surface area contributed by atoms with Crippen molar-refractivity contribution in [3.8, 4) is 11.5 Å². The Hall–Kier alpha value is -0.600. The second kappa shape index (κ2) is 7.67. The molecule has 1 rings (SSSR count). The first kappa shape index (κ1) is 14.5. The molecule has 1 aromatic carbocycles. The summed E-state index contributed by atoms with van der Waals surface area (Å²) in [6.45, 7) is 5.10. The van der Waals surface area contributed by atoms with E-state index in [0.29, 0.717) is 29.9 Å². The lowest BCUT2D eigenvalue weighted by atomic mass is 10.1. The van der Waals surface area contributed by atoms with Crippen LogP contribution in [0.3, 0.4) is 0 Å². The summed E-state index contributed by atoms with van der Waals surface area (Å²) in [6.07, 6.45) is 1.77. The molecule has 0 aromatic heterocycles. The highest BCUT2D eigenvalue weighted by molar-refractivity contribution is 6.32. The smallest absolute Gasteiger partial charge is 0.141 e. The fraction of sp³-hybridized carbons (Fsp3) is 0.538. The highest BCUT2D eigenvalue weighted by Gasteiger charge is 2.10. The van der Waals surface area contributed by atoms with Gasteiger partial charge in [-0.05, 0) is 38.3 Å². The SMILES string of the molecule is CCOc1cc(OCC)c(CCCCl)cc1Cl. The van der Waals surface area contributed by atoms with Crippen molar-refractivity contribution in [3.63, 3.8) is 0 Å². The monoisotopic (exact) mass is 276 g/mol. The van der Waals surface area contributed by atoms with Crippen molar-refractivity contribution in [1.29, 1.82) is 0 Å². The fourth-order valence-electron chi connectivity index (χ4n) is 1.58. The van der Waals surface area contributed by atoms with E-state index in [1.54, 1.807) is 0 Å². The average Bonchev–Trinajstić information content (AvgIpc) is 2.32. The molecule has 0 aliphatic carbocycles. The molecule has 0 saturated heterocycles. The number of halogens is 2. The molecule has 0 unspecified atom stereocenters. The van der Waals surface area contributed by atoms with E-state index in [-0.39, 0.29) is 0 Å². The zero-order valence-corrected chi connectivity index (χ0v) is 11.8. The fourth-order valence-corrected chi connectivity index (χ4v) is 1.96. The molecule has 0 aliphatic heterocycles. The molecule has 0 fully saturated rings. The molecular formula is C13H18Cl2O2. The Kier molecular flexibility index (Phi) is 6.53. The van der Waals surface area contributed by atoms with Gasteiger partial charge in [0.25, 0.3) is 0 Å². The molecule has 0 amide bonds. The Morgan fingerprint density at radius 1 is 1.06 bits per heavy atom. The van der Waals surface area contributed by atoms with Crippen LogP contribution < -0.4 is 9.47 Å². The van der Waals surface area contributed by atoms with Crippen molar-refractivity contribution in [1.82, 2.24) is 0 Å². The minimum absolute atomic E-state index is 0.590. The van der Waals surface area contributed by atoms with Gasteiger partial charge in [-0.3, -0.25) is 0 Å². The van der Waals surface area contributed by atoms with Gasteiger partial charge in [-0.15, -0.1) is 11.6 Å². The third-order valence-electron chi connectivity index (χ3n) is 2.29. The van der Waals surface area contributed by atoms with Crippen LogP contribution in [-0.4, -0.2) is 19.1 Å². The summed E-state index contributed by atoms with van der Waals surface area (Å²) < 4.78 is 11.0. The first-order valence-corrected chi connectivity index (χ1v) is 6.78. The molecule has 17 heavy (non-hydrogen) atoms. The first-order chi connectivity index (χ1) is 8.22. The number of alkyl halides is 1. The van der Waals surface area contributed by atoms with Crippen molar-refractivity contribution < 1.29 is 9.47 Å². The number of aryl methyl sites for hydroxylation is 1. The Bertz CT molecular complexity index is 354. The molecule has 0 spiro atoms. The molecular weight excluding hydrogens is 259 g/mol. The Morgan fingerprint density at radius 3 is 2.29 bits per heavy atom. The summed E-state index contributed by atoms with van der Waals surface area (Å²) in [5.41, 5.74) is 1.08. The molecule has 0 radical (unpaired) electrons. The summed E-state index contributed by atoms with van der Waals surface area (Å²) in [5, 5.41) is 0.625. The summed E-state index contributed by atoms with van der Waals surface area (Å²) in [6, 6.07) is 3.77. The van der Waals surface area contributed by atoms with Crippen LogP contribution in [0.4, 0.5) is 0 Å². The van der Waals surface area contributed by atoms with Crippen molar-refractivity contribution >= 4 is 23.2 Å². The quantitative estimate of drug-likeness (QED) is 0.691. The summed E-state index contributed by atoms with van der Waals surface area (Å²) in [7, 11) is 0. The van der Waals surface area contributed by atoms with Crippen molar-refractivity contribution in [3.05, 3.63) is 22.7 Å². The lowest BCUT2D eigenvalue weighted by Crippen LogP contribution is -2.00. The predicted molar refractivity (Wildman–Crippen MR) is 72.8 cm³/mol. The van der Waals surface area contributed by atoms with Crippen LogP contribution >= 0.6 is 23.2 Å². The van der Waals surface area contributed by atoms with Gasteiger partial charge in [-0.25, -0.2) is 0 Å². The number of ether oxygens (including phenoxy) is 2. The standard InChI is InChI=1S/C13H18Cl2O2/c1-3-16-12-9-13(17-4-2)11(15)8-10(12)6-5-7-14/h8-9H,3-7H2,1-2H3. The van der Waals surface area contributed by atoms with E-state index in [1.807, 2.05) is 26.0 Å². The maximum Gasteiger partial charge on any atom is 0.141 e. The minimum atomic E-state index is 0.590. The van der Waals surface area contributed by atoms with Gasteiger partial charge in [0, 0.05) is 11.9 Å². The van der Waals surface area contributed by atoms with Gasteiger partial charge >= 0.3 is 0 Å². The second-order valence-corrected chi connectivity index (χ2v) is 4.33. The zero-order chi connectivity index (χ0) is 12.7. The number of benzene rings is 1. The van der Waals surface area contributed by atoms with E-state index in [4.69, 9.17) is 32.7 Å². The van der Waals surface area contributed by atoms with Crippen LogP contribution in [-0.2, 0) is 6.42 Å². The second-order valence-electron chi connectivity index (χ2n) is 3.55. The van der Waals surface area contributed by atoms with E-state index in [1.165, 1.54) is 0 Å². The molecule has 1 aromatic rings. The van der Waals surface area contributed by atoms with E-state index >= 15 is 0 Å². The van der Waals surface area contributed by atoms with Gasteiger partial charge in [0.1, 0.15) is 11.5 Å². The van der Waals surface area contributed by atoms with Crippen LogP contribution in [0.1, 0.15) is 25.8 Å². The molecule has 4 heteroatoms. The van der Waals surface area contributed by atoms with E-state index in [9.17, 15) is 0 Å². The molecule has 0 atom stereocenters. The van der Waals surface area contributed by atoms with Crippen molar-refractivity contribution in [2.24, 2.45) is 0 Å². The Morgan fingerprint density at radius 2 is 1.71 bits per heavy atom. The lowest BCUT2D eigenvalue weighted by molar-refractivity contribution is 0.321. The average molecular weight is 277 g/mol. The minimum Gasteiger partial charge on any atom is -0.493 e. The molecule has 0 bridgehead atoms. The van der Waals surface area contributed by atoms with Gasteiger partial charge in [-0.2, -0.15) is 0 Å². The van der Waals surface area contributed by atoms with Gasteiger partial charge in [-0.1, -0.05) is 11.6 Å². The van der Waals surface area contributed by atoms with Crippen molar-refractivity contribution in [2.75, 3.05) is 19.1 Å². The highest BCUT2D eigenvalue weighted by atomic mass is 35.5. The van der Waals surface area contributed by atoms with Crippen molar-refractivity contribution in [2.45, 2.75) is 26.7 Å². The molecule has 96 valence electrons. The van der Waals surface area contributed by atoms with E-state index in [2.05, 4.69) is 0 Å². The predicted octanol–water partition coefficient (Wildman–Crippen LogP) is 4.31. The Labute approximate surface area is 113 Å².